The smallest absolute Gasteiger partial charge is 0.251 e. The summed E-state index contributed by atoms with van der Waals surface area (Å²) in [5.41, 5.74) is 5.02. The van der Waals surface area contributed by atoms with E-state index in [0.29, 0.717) is 42.1 Å². The number of carbonyl (C=O) groups is 1. The number of halogens is 2. The molecule has 3 aromatic carbocycles. The third kappa shape index (κ3) is 4.68. The highest BCUT2D eigenvalue weighted by molar-refractivity contribution is 6.31. The van der Waals surface area contributed by atoms with Crippen molar-refractivity contribution in [2.75, 3.05) is 6.54 Å². The molecule has 0 unspecified atom stereocenters. The fraction of sp³-hybridized carbons (Fsp3) is 0.231. The molecule has 4 aromatic rings. The second-order valence-corrected chi connectivity index (χ2v) is 8.39. The van der Waals surface area contributed by atoms with Crippen LogP contribution in [0.2, 0.25) is 5.02 Å². The Balaban J connectivity index is 1.48. The number of para-hydroxylation sites is 2. The number of benzene rings is 3. The third-order valence-corrected chi connectivity index (χ3v) is 5.95. The monoisotopic (exact) mass is 449 g/mol. The van der Waals surface area contributed by atoms with Gasteiger partial charge in [-0.15, -0.1) is 0 Å². The molecule has 0 saturated heterocycles. The highest BCUT2D eigenvalue weighted by Crippen LogP contribution is 2.24. The molecule has 164 valence electrons. The molecular formula is C26H25ClFN3O. The standard InChI is InChI=1S/C26H25ClFN3O/c1-17-12-13-19(18(2)15-17)26(32)29-14-6-11-25-30-23-9-3-4-10-24(23)31(25)16-20-21(27)7-5-8-22(20)28/h3-5,7-10,12-13,15H,6,11,14,16H2,1-2H3,(H,29,32). The second-order valence-electron chi connectivity index (χ2n) is 7.98. The number of nitrogens with one attached hydrogen (secondary N) is 1. The number of amides is 1. The number of aromatic nitrogens is 2. The summed E-state index contributed by atoms with van der Waals surface area (Å²) in [7, 11) is 0. The molecule has 0 aliphatic rings. The molecule has 32 heavy (non-hydrogen) atoms. The predicted molar refractivity (Wildman–Crippen MR) is 127 cm³/mol. The van der Waals surface area contributed by atoms with Crippen molar-refractivity contribution in [1.82, 2.24) is 14.9 Å². The zero-order chi connectivity index (χ0) is 22.7. The highest BCUT2D eigenvalue weighted by atomic mass is 35.5. The number of hydrogen-bond acceptors (Lipinski definition) is 2. The summed E-state index contributed by atoms with van der Waals surface area (Å²) in [5.74, 6) is 0.433. The molecule has 0 fully saturated rings. The zero-order valence-corrected chi connectivity index (χ0v) is 18.9. The van der Waals surface area contributed by atoms with E-state index >= 15 is 0 Å². The van der Waals surface area contributed by atoms with Crippen LogP contribution in [0.25, 0.3) is 11.0 Å². The number of carbonyl (C=O) groups excluding carboxylic acids is 1. The van der Waals surface area contributed by atoms with Gasteiger partial charge in [0.25, 0.3) is 5.91 Å². The maximum atomic E-state index is 14.4. The number of nitrogens with zero attached hydrogens (tertiary/aromatic N) is 2. The van der Waals surface area contributed by atoms with Crippen LogP contribution in [0.5, 0.6) is 0 Å². The lowest BCUT2D eigenvalue weighted by molar-refractivity contribution is 0.0952. The Labute approximate surface area is 192 Å². The Kier molecular flexibility index (Phi) is 6.56. The fourth-order valence-electron chi connectivity index (χ4n) is 3.95. The molecule has 1 aromatic heterocycles. The Morgan fingerprint density at radius 2 is 1.91 bits per heavy atom. The summed E-state index contributed by atoms with van der Waals surface area (Å²) in [4.78, 5) is 17.3. The molecule has 0 bridgehead atoms. The van der Waals surface area contributed by atoms with Crippen molar-refractivity contribution in [3.63, 3.8) is 0 Å². The first-order chi connectivity index (χ1) is 15.4. The Morgan fingerprint density at radius 3 is 2.69 bits per heavy atom. The first-order valence-electron chi connectivity index (χ1n) is 10.7. The summed E-state index contributed by atoms with van der Waals surface area (Å²) in [6.07, 6.45) is 1.36. The molecule has 0 radical (unpaired) electrons. The fourth-order valence-corrected chi connectivity index (χ4v) is 4.17. The molecule has 0 atom stereocenters. The molecular weight excluding hydrogens is 425 g/mol. The SMILES string of the molecule is Cc1ccc(C(=O)NCCCc2nc3ccccc3n2Cc2c(F)cccc2Cl)c(C)c1. The van der Waals surface area contributed by atoms with Crippen LogP contribution in [-0.4, -0.2) is 22.0 Å². The first kappa shape index (κ1) is 22.0. The van der Waals surface area contributed by atoms with Crippen molar-refractivity contribution in [3.05, 3.63) is 99.6 Å². The van der Waals surface area contributed by atoms with Crippen LogP contribution >= 0.6 is 11.6 Å². The predicted octanol–water partition coefficient (Wildman–Crippen LogP) is 5.86. The molecule has 0 saturated carbocycles. The van der Waals surface area contributed by atoms with Crippen LogP contribution in [0, 0.1) is 19.7 Å². The van der Waals surface area contributed by atoms with Crippen molar-refractivity contribution in [1.29, 1.82) is 0 Å². The van der Waals surface area contributed by atoms with Crippen molar-refractivity contribution in [2.24, 2.45) is 0 Å². The lowest BCUT2D eigenvalue weighted by Gasteiger charge is -2.12. The van der Waals surface area contributed by atoms with Crippen LogP contribution in [-0.2, 0) is 13.0 Å². The molecule has 4 rings (SSSR count). The van der Waals surface area contributed by atoms with Gasteiger partial charge in [0, 0.05) is 29.1 Å². The van der Waals surface area contributed by atoms with Gasteiger partial charge < -0.3 is 9.88 Å². The maximum Gasteiger partial charge on any atom is 0.251 e. The zero-order valence-electron chi connectivity index (χ0n) is 18.2. The Hall–Kier alpha value is -3.18. The van der Waals surface area contributed by atoms with E-state index in [-0.39, 0.29) is 11.7 Å². The van der Waals surface area contributed by atoms with Gasteiger partial charge in [0.1, 0.15) is 11.6 Å². The Bertz CT molecular complexity index is 1260. The van der Waals surface area contributed by atoms with E-state index in [0.717, 1.165) is 28.0 Å². The van der Waals surface area contributed by atoms with Gasteiger partial charge in [-0.25, -0.2) is 9.37 Å². The molecule has 4 nitrogen and oxygen atoms in total. The minimum absolute atomic E-state index is 0.0749. The lowest BCUT2D eigenvalue weighted by atomic mass is 10.1. The normalized spacial score (nSPS) is 11.1. The summed E-state index contributed by atoms with van der Waals surface area (Å²) in [6.45, 7) is 4.78. The largest absolute Gasteiger partial charge is 0.352 e. The number of rotatable bonds is 7. The second kappa shape index (κ2) is 9.53. The first-order valence-corrected chi connectivity index (χ1v) is 11.0. The van der Waals surface area contributed by atoms with Crippen LogP contribution in [0.3, 0.4) is 0 Å². The number of aryl methyl sites for hydroxylation is 3. The van der Waals surface area contributed by atoms with Gasteiger partial charge in [0.05, 0.1) is 17.6 Å². The molecule has 0 aliphatic carbocycles. The average molecular weight is 450 g/mol. The summed E-state index contributed by atoms with van der Waals surface area (Å²) in [5, 5.41) is 3.39. The maximum absolute atomic E-state index is 14.4. The topological polar surface area (TPSA) is 46.9 Å². The van der Waals surface area contributed by atoms with Gasteiger partial charge in [-0.3, -0.25) is 4.79 Å². The number of imidazole rings is 1. The van der Waals surface area contributed by atoms with Gasteiger partial charge in [-0.1, -0.05) is 47.5 Å². The van der Waals surface area contributed by atoms with Crippen molar-refractivity contribution < 1.29 is 9.18 Å². The number of fused-ring (bicyclic) bond motifs is 1. The van der Waals surface area contributed by atoms with E-state index in [2.05, 4.69) is 5.32 Å². The minimum Gasteiger partial charge on any atom is -0.352 e. The van der Waals surface area contributed by atoms with Crippen LogP contribution < -0.4 is 5.32 Å². The summed E-state index contributed by atoms with van der Waals surface area (Å²) < 4.78 is 16.4. The van der Waals surface area contributed by atoms with Crippen LogP contribution in [0.1, 0.15) is 39.3 Å². The van der Waals surface area contributed by atoms with E-state index in [4.69, 9.17) is 16.6 Å². The number of hydrogen-bond donors (Lipinski definition) is 1. The van der Waals surface area contributed by atoms with Gasteiger partial charge in [0.15, 0.2) is 0 Å². The molecule has 1 N–H and O–H groups in total. The third-order valence-electron chi connectivity index (χ3n) is 5.60. The Morgan fingerprint density at radius 1 is 1.09 bits per heavy atom. The molecule has 1 heterocycles. The molecule has 1 amide bonds. The summed E-state index contributed by atoms with van der Waals surface area (Å²) in [6, 6.07) is 18.3. The van der Waals surface area contributed by atoms with Gasteiger partial charge in [-0.2, -0.15) is 0 Å². The van der Waals surface area contributed by atoms with Gasteiger partial charge in [-0.05, 0) is 56.2 Å². The van der Waals surface area contributed by atoms with E-state index in [1.165, 1.54) is 6.07 Å². The van der Waals surface area contributed by atoms with E-state index in [1.807, 2.05) is 60.9 Å². The van der Waals surface area contributed by atoms with E-state index < -0.39 is 0 Å². The molecule has 6 heteroatoms. The van der Waals surface area contributed by atoms with Gasteiger partial charge >= 0.3 is 0 Å². The van der Waals surface area contributed by atoms with E-state index in [9.17, 15) is 9.18 Å². The average Bonchev–Trinajstić information content (AvgIpc) is 3.11. The minimum atomic E-state index is -0.332. The van der Waals surface area contributed by atoms with Crippen LogP contribution in [0.15, 0.2) is 60.7 Å². The van der Waals surface area contributed by atoms with Crippen LogP contribution in [0.4, 0.5) is 4.39 Å². The molecule has 0 aliphatic heterocycles. The lowest BCUT2D eigenvalue weighted by Crippen LogP contribution is -2.25. The quantitative estimate of drug-likeness (QED) is 0.359. The van der Waals surface area contributed by atoms with Crippen molar-refractivity contribution in [3.8, 4) is 0 Å². The van der Waals surface area contributed by atoms with Gasteiger partial charge in [0.2, 0.25) is 0 Å². The van der Waals surface area contributed by atoms with Crippen molar-refractivity contribution >= 4 is 28.5 Å². The van der Waals surface area contributed by atoms with Crippen molar-refractivity contribution in [2.45, 2.75) is 33.2 Å². The highest BCUT2D eigenvalue weighted by Gasteiger charge is 2.15. The van der Waals surface area contributed by atoms with E-state index in [1.54, 1.807) is 12.1 Å². The summed E-state index contributed by atoms with van der Waals surface area (Å²) >= 11 is 6.27. The molecule has 0 spiro atoms.